The first-order chi connectivity index (χ1) is 11.1. The third kappa shape index (κ3) is 2.88. The van der Waals surface area contributed by atoms with E-state index in [0.29, 0.717) is 23.7 Å². The van der Waals surface area contributed by atoms with Crippen LogP contribution in [0.4, 0.5) is 11.4 Å². The van der Waals surface area contributed by atoms with Crippen LogP contribution >= 0.6 is 0 Å². The molecule has 0 bridgehead atoms. The van der Waals surface area contributed by atoms with Crippen LogP contribution in [0.3, 0.4) is 0 Å². The molecule has 2 atom stereocenters. The number of hydrogen-bond donors (Lipinski definition) is 0. The summed E-state index contributed by atoms with van der Waals surface area (Å²) in [5.41, 5.74) is 0.998. The normalized spacial score (nSPS) is 21.0. The molecule has 3 rings (SSSR count). The lowest BCUT2D eigenvalue weighted by Crippen LogP contribution is -2.40. The van der Waals surface area contributed by atoms with E-state index in [2.05, 4.69) is 22.5 Å². The molecule has 7 nitrogen and oxygen atoms in total. The molecule has 0 radical (unpaired) electrons. The molecular formula is C16H17N5O2. The summed E-state index contributed by atoms with van der Waals surface area (Å²) in [5, 5.41) is 20.4. The Morgan fingerprint density at radius 2 is 2.30 bits per heavy atom. The number of nitrogens with zero attached hydrogens (tertiary/aromatic N) is 5. The first-order valence-corrected chi connectivity index (χ1v) is 7.51. The van der Waals surface area contributed by atoms with Gasteiger partial charge in [-0.1, -0.05) is 6.92 Å². The monoisotopic (exact) mass is 311 g/mol. The Labute approximate surface area is 133 Å². The molecule has 1 aliphatic heterocycles. The predicted octanol–water partition coefficient (Wildman–Crippen LogP) is 2.75. The first-order valence-electron chi connectivity index (χ1n) is 7.51. The van der Waals surface area contributed by atoms with Crippen molar-refractivity contribution in [1.82, 2.24) is 9.55 Å². The van der Waals surface area contributed by atoms with Crippen molar-refractivity contribution in [2.75, 3.05) is 18.0 Å². The van der Waals surface area contributed by atoms with Crippen LogP contribution in [0.15, 0.2) is 36.9 Å². The second-order valence-electron chi connectivity index (χ2n) is 5.86. The minimum absolute atomic E-state index is 0.0444. The fraction of sp³-hybridized carbons (Fsp3) is 0.375. The fourth-order valence-electron chi connectivity index (χ4n) is 3.12. The highest BCUT2D eigenvalue weighted by molar-refractivity contribution is 5.66. The van der Waals surface area contributed by atoms with Gasteiger partial charge in [0.2, 0.25) is 0 Å². The Balaban J connectivity index is 1.95. The molecule has 0 amide bonds. The van der Waals surface area contributed by atoms with Crippen LogP contribution in [0.25, 0.3) is 0 Å². The molecule has 0 unspecified atom stereocenters. The summed E-state index contributed by atoms with van der Waals surface area (Å²) < 4.78 is 2.05. The highest BCUT2D eigenvalue weighted by atomic mass is 16.6. The van der Waals surface area contributed by atoms with Gasteiger partial charge in [-0.3, -0.25) is 10.1 Å². The third-order valence-electron chi connectivity index (χ3n) is 4.47. The van der Waals surface area contributed by atoms with E-state index in [-0.39, 0.29) is 16.7 Å². The highest BCUT2D eigenvalue weighted by Gasteiger charge is 2.30. The summed E-state index contributed by atoms with van der Waals surface area (Å²) in [6.45, 7) is 3.58. The topological polar surface area (TPSA) is 88.0 Å². The molecule has 1 saturated heterocycles. The second kappa shape index (κ2) is 6.08. The molecule has 2 heterocycles. The maximum Gasteiger partial charge on any atom is 0.292 e. The molecule has 0 N–H and O–H groups in total. The average Bonchev–Trinajstić information content (AvgIpc) is 3.09. The number of imidazole rings is 1. The van der Waals surface area contributed by atoms with Crippen LogP contribution in [0.1, 0.15) is 24.9 Å². The lowest BCUT2D eigenvalue weighted by Gasteiger charge is -2.38. The smallest absolute Gasteiger partial charge is 0.292 e. The van der Waals surface area contributed by atoms with Gasteiger partial charge in [-0.15, -0.1) is 0 Å². The summed E-state index contributed by atoms with van der Waals surface area (Å²) in [6.07, 6.45) is 6.37. The largest absolute Gasteiger partial charge is 0.364 e. The SMILES string of the molecule is C[C@H]1CCN(c2cc(C#N)ccc2[N+](=O)[O-])C[C@H]1n1ccnc1. The van der Waals surface area contributed by atoms with Crippen molar-refractivity contribution in [3.8, 4) is 6.07 Å². The van der Waals surface area contributed by atoms with Crippen LogP contribution in [-0.4, -0.2) is 27.6 Å². The van der Waals surface area contributed by atoms with Gasteiger partial charge in [0.15, 0.2) is 0 Å². The standard InChI is InChI=1S/C16H17N5O2/c1-12-4-6-19(10-16(12)20-7-5-18-11-20)15-8-13(9-17)2-3-14(15)21(22)23/h2-3,5,7-8,11-12,16H,4,6,10H2,1H3/t12-,16+/m0/s1. The number of aromatic nitrogens is 2. The maximum absolute atomic E-state index is 11.3. The molecule has 2 aromatic rings. The quantitative estimate of drug-likeness (QED) is 0.642. The zero-order valence-corrected chi connectivity index (χ0v) is 12.8. The number of nitro benzene ring substituents is 1. The Morgan fingerprint density at radius 3 is 2.96 bits per heavy atom. The van der Waals surface area contributed by atoms with Crippen molar-refractivity contribution >= 4 is 11.4 Å². The van der Waals surface area contributed by atoms with Crippen molar-refractivity contribution < 1.29 is 4.92 Å². The van der Waals surface area contributed by atoms with Gasteiger partial charge >= 0.3 is 0 Å². The number of nitriles is 1. The fourth-order valence-corrected chi connectivity index (χ4v) is 3.12. The molecule has 0 spiro atoms. The van der Waals surface area contributed by atoms with Gasteiger partial charge in [0.1, 0.15) is 5.69 Å². The number of hydrogen-bond acceptors (Lipinski definition) is 5. The van der Waals surface area contributed by atoms with Gasteiger partial charge in [0, 0.05) is 31.5 Å². The van der Waals surface area contributed by atoms with Gasteiger partial charge in [0.05, 0.1) is 28.9 Å². The summed E-state index contributed by atoms with van der Waals surface area (Å²) in [7, 11) is 0. The zero-order chi connectivity index (χ0) is 16.4. The summed E-state index contributed by atoms with van der Waals surface area (Å²) >= 11 is 0. The predicted molar refractivity (Wildman–Crippen MR) is 85.1 cm³/mol. The van der Waals surface area contributed by atoms with E-state index < -0.39 is 0 Å². The lowest BCUT2D eigenvalue weighted by atomic mass is 9.92. The van der Waals surface area contributed by atoms with Gasteiger partial charge in [-0.05, 0) is 24.5 Å². The number of nitro groups is 1. The first kappa shape index (κ1) is 15.0. The number of anilines is 1. The van der Waals surface area contributed by atoms with E-state index in [0.717, 1.165) is 13.0 Å². The molecule has 23 heavy (non-hydrogen) atoms. The van der Waals surface area contributed by atoms with E-state index in [1.54, 1.807) is 18.6 Å². The van der Waals surface area contributed by atoms with Crippen molar-refractivity contribution in [2.45, 2.75) is 19.4 Å². The van der Waals surface area contributed by atoms with Crippen molar-refractivity contribution in [3.63, 3.8) is 0 Å². The minimum atomic E-state index is -0.388. The Hall–Kier alpha value is -2.88. The average molecular weight is 311 g/mol. The summed E-state index contributed by atoms with van der Waals surface area (Å²) in [5.74, 6) is 0.457. The third-order valence-corrected chi connectivity index (χ3v) is 4.47. The molecule has 1 aliphatic rings. The minimum Gasteiger partial charge on any atom is -0.364 e. The van der Waals surface area contributed by atoms with Crippen molar-refractivity contribution in [1.29, 1.82) is 5.26 Å². The van der Waals surface area contributed by atoms with Gasteiger partial charge in [-0.2, -0.15) is 5.26 Å². The molecular weight excluding hydrogens is 294 g/mol. The van der Waals surface area contributed by atoms with Crippen molar-refractivity contribution in [2.24, 2.45) is 5.92 Å². The van der Waals surface area contributed by atoms with E-state index in [4.69, 9.17) is 5.26 Å². The zero-order valence-electron chi connectivity index (χ0n) is 12.8. The van der Waals surface area contributed by atoms with E-state index in [9.17, 15) is 10.1 Å². The van der Waals surface area contributed by atoms with Crippen LogP contribution < -0.4 is 4.90 Å². The molecule has 118 valence electrons. The van der Waals surface area contributed by atoms with Crippen LogP contribution in [-0.2, 0) is 0 Å². The lowest BCUT2D eigenvalue weighted by molar-refractivity contribution is -0.384. The molecule has 1 aromatic heterocycles. The van der Waals surface area contributed by atoms with Gasteiger partial charge in [-0.25, -0.2) is 4.98 Å². The van der Waals surface area contributed by atoms with E-state index >= 15 is 0 Å². The number of piperidine rings is 1. The Kier molecular flexibility index (Phi) is 3.98. The van der Waals surface area contributed by atoms with E-state index in [1.807, 2.05) is 11.1 Å². The molecule has 0 aliphatic carbocycles. The summed E-state index contributed by atoms with van der Waals surface area (Å²) in [6, 6.07) is 6.77. The van der Waals surface area contributed by atoms with Crippen molar-refractivity contribution in [3.05, 3.63) is 52.6 Å². The van der Waals surface area contributed by atoms with Crippen LogP contribution in [0.5, 0.6) is 0 Å². The highest BCUT2D eigenvalue weighted by Crippen LogP contribution is 2.35. The number of rotatable bonds is 3. The molecule has 1 aromatic carbocycles. The number of benzene rings is 1. The molecule has 7 heteroatoms. The maximum atomic E-state index is 11.3. The second-order valence-corrected chi connectivity index (χ2v) is 5.86. The van der Waals surface area contributed by atoms with Gasteiger partial charge < -0.3 is 9.47 Å². The van der Waals surface area contributed by atoms with E-state index in [1.165, 1.54) is 12.1 Å². The van der Waals surface area contributed by atoms with Crippen LogP contribution in [0.2, 0.25) is 0 Å². The Bertz CT molecular complexity index is 750. The molecule has 0 saturated carbocycles. The van der Waals surface area contributed by atoms with Gasteiger partial charge in [0.25, 0.3) is 5.69 Å². The van der Waals surface area contributed by atoms with Crippen LogP contribution in [0, 0.1) is 27.4 Å². The summed E-state index contributed by atoms with van der Waals surface area (Å²) in [4.78, 5) is 17.0. The molecule has 1 fully saturated rings. The Morgan fingerprint density at radius 1 is 1.48 bits per heavy atom.